The lowest BCUT2D eigenvalue weighted by Crippen LogP contribution is -2.34. The number of anilines is 1. The zero-order chi connectivity index (χ0) is 22.0. The highest BCUT2D eigenvalue weighted by molar-refractivity contribution is 6.07. The molecule has 0 spiro atoms. The molecule has 9 nitrogen and oxygen atoms in total. The van der Waals surface area contributed by atoms with Gasteiger partial charge in [-0.1, -0.05) is 12.1 Å². The lowest BCUT2D eigenvalue weighted by Gasteiger charge is -2.13. The predicted octanol–water partition coefficient (Wildman–Crippen LogP) is 2.07. The van der Waals surface area contributed by atoms with Gasteiger partial charge in [0.05, 0.1) is 30.9 Å². The number of carbonyl (C=O) groups is 3. The summed E-state index contributed by atoms with van der Waals surface area (Å²) in [5.41, 5.74) is 3.27. The highest BCUT2D eigenvalue weighted by Gasteiger charge is 2.38. The van der Waals surface area contributed by atoms with Crippen LogP contribution in [0, 0.1) is 0 Å². The van der Waals surface area contributed by atoms with E-state index in [4.69, 9.17) is 4.74 Å². The van der Waals surface area contributed by atoms with Crippen molar-refractivity contribution >= 4 is 34.6 Å². The molecule has 1 saturated heterocycles. The van der Waals surface area contributed by atoms with Crippen molar-refractivity contribution in [1.29, 1.82) is 0 Å². The molecule has 0 unspecified atom stereocenters. The van der Waals surface area contributed by atoms with E-state index in [-0.39, 0.29) is 18.9 Å². The lowest BCUT2D eigenvalue weighted by molar-refractivity contribution is -0.129. The third-order valence-corrected chi connectivity index (χ3v) is 5.29. The van der Waals surface area contributed by atoms with E-state index in [0.29, 0.717) is 12.1 Å². The molecule has 0 radical (unpaired) electrons. The van der Waals surface area contributed by atoms with Crippen molar-refractivity contribution < 1.29 is 19.1 Å². The van der Waals surface area contributed by atoms with Gasteiger partial charge in [0.25, 0.3) is 5.91 Å². The van der Waals surface area contributed by atoms with Crippen LogP contribution in [0.2, 0.25) is 0 Å². The number of nitrogens with zero attached hydrogens (tertiary/aromatic N) is 3. The van der Waals surface area contributed by atoms with Crippen molar-refractivity contribution in [2.45, 2.75) is 18.9 Å². The monoisotopic (exact) mass is 421 g/mol. The Morgan fingerprint density at radius 3 is 2.71 bits per heavy atom. The first-order valence-electron chi connectivity index (χ1n) is 9.90. The van der Waals surface area contributed by atoms with Crippen molar-refractivity contribution in [3.8, 4) is 5.75 Å². The molecule has 4 rings (SSSR count). The number of methoxy groups -OCH3 is 1. The van der Waals surface area contributed by atoms with Crippen LogP contribution in [0.4, 0.5) is 10.5 Å². The van der Waals surface area contributed by atoms with E-state index >= 15 is 0 Å². The van der Waals surface area contributed by atoms with E-state index in [9.17, 15) is 14.4 Å². The number of imidazole rings is 1. The molecule has 2 heterocycles. The molecule has 31 heavy (non-hydrogen) atoms. The Hall–Kier alpha value is -3.88. The molecule has 1 aliphatic rings. The molecule has 1 aromatic heterocycles. The van der Waals surface area contributed by atoms with Crippen LogP contribution in [0.3, 0.4) is 0 Å². The Balaban J connectivity index is 1.33. The number of nitrogens with one attached hydrogen (secondary N) is 2. The van der Waals surface area contributed by atoms with E-state index in [2.05, 4.69) is 15.6 Å². The third-order valence-electron chi connectivity index (χ3n) is 5.29. The standard InChI is InChI=1S/C22H23N5O4/c1-26-13-23-17-11-15(5-8-19(17)26)24-20(28)12-18-21(29)27(22(30)25-18)10-9-14-3-6-16(31-2)7-4-14/h3-8,11,13,18H,9-10,12H2,1-2H3,(H,24,28)(H,25,30)/t18-/m1/s1. The maximum atomic E-state index is 12.6. The van der Waals surface area contributed by atoms with Gasteiger partial charge in [0, 0.05) is 19.3 Å². The molecule has 1 atom stereocenters. The van der Waals surface area contributed by atoms with Gasteiger partial charge in [-0.2, -0.15) is 0 Å². The van der Waals surface area contributed by atoms with E-state index < -0.39 is 18.0 Å². The second-order valence-corrected chi connectivity index (χ2v) is 7.40. The summed E-state index contributed by atoms with van der Waals surface area (Å²) >= 11 is 0. The molecule has 4 amide bonds. The average molecular weight is 421 g/mol. The Bertz CT molecular complexity index is 1140. The Kier molecular flexibility index (Phi) is 5.57. The van der Waals surface area contributed by atoms with Crippen LogP contribution in [-0.4, -0.2) is 52.0 Å². The summed E-state index contributed by atoms with van der Waals surface area (Å²) in [6.45, 7) is 0.242. The first-order chi connectivity index (χ1) is 14.9. The lowest BCUT2D eigenvalue weighted by atomic mass is 10.1. The van der Waals surface area contributed by atoms with Gasteiger partial charge in [0.2, 0.25) is 5.91 Å². The van der Waals surface area contributed by atoms with Gasteiger partial charge in [-0.05, 0) is 42.3 Å². The van der Waals surface area contributed by atoms with Gasteiger partial charge in [0.1, 0.15) is 11.8 Å². The molecule has 9 heteroatoms. The normalized spacial score (nSPS) is 15.9. The maximum Gasteiger partial charge on any atom is 0.324 e. The SMILES string of the molecule is COc1ccc(CCN2C(=O)N[C@H](CC(=O)Nc3ccc4c(c3)ncn4C)C2=O)cc1. The van der Waals surface area contributed by atoms with Crippen molar-refractivity contribution in [1.82, 2.24) is 19.8 Å². The summed E-state index contributed by atoms with van der Waals surface area (Å²) in [6.07, 6.45) is 2.08. The molecule has 2 N–H and O–H groups in total. The minimum Gasteiger partial charge on any atom is -0.497 e. The van der Waals surface area contributed by atoms with Crippen molar-refractivity contribution in [3.05, 3.63) is 54.4 Å². The molecule has 3 aromatic rings. The van der Waals surface area contributed by atoms with Crippen LogP contribution in [0.15, 0.2) is 48.8 Å². The number of amides is 4. The predicted molar refractivity (Wildman–Crippen MR) is 115 cm³/mol. The smallest absolute Gasteiger partial charge is 0.324 e. The molecule has 0 aliphatic carbocycles. The van der Waals surface area contributed by atoms with Crippen LogP contribution >= 0.6 is 0 Å². The topological polar surface area (TPSA) is 106 Å². The van der Waals surface area contributed by atoms with Crippen molar-refractivity contribution in [2.24, 2.45) is 7.05 Å². The first-order valence-corrected chi connectivity index (χ1v) is 9.90. The second kappa shape index (κ2) is 8.47. The zero-order valence-corrected chi connectivity index (χ0v) is 17.3. The largest absolute Gasteiger partial charge is 0.497 e. The Morgan fingerprint density at radius 2 is 1.97 bits per heavy atom. The third kappa shape index (κ3) is 4.35. The fraction of sp³-hybridized carbons (Fsp3) is 0.273. The second-order valence-electron chi connectivity index (χ2n) is 7.40. The first kappa shape index (κ1) is 20.4. The number of carbonyl (C=O) groups excluding carboxylic acids is 3. The fourth-order valence-electron chi connectivity index (χ4n) is 3.57. The molecular weight excluding hydrogens is 398 g/mol. The summed E-state index contributed by atoms with van der Waals surface area (Å²) in [6, 6.07) is 11.5. The van der Waals surface area contributed by atoms with Crippen LogP contribution in [0.1, 0.15) is 12.0 Å². The molecule has 2 aromatic carbocycles. The number of ether oxygens (including phenoxy) is 1. The number of aromatic nitrogens is 2. The number of hydrogen-bond donors (Lipinski definition) is 2. The molecule has 1 fully saturated rings. The molecular formula is C22H23N5O4. The number of rotatable bonds is 7. The molecule has 160 valence electrons. The quantitative estimate of drug-likeness (QED) is 0.568. The van der Waals surface area contributed by atoms with Gasteiger partial charge < -0.3 is 19.9 Å². The Morgan fingerprint density at radius 1 is 1.19 bits per heavy atom. The van der Waals surface area contributed by atoms with Crippen molar-refractivity contribution in [2.75, 3.05) is 19.0 Å². The summed E-state index contributed by atoms with van der Waals surface area (Å²) in [7, 11) is 3.48. The minimum absolute atomic E-state index is 0.135. The number of benzene rings is 2. The zero-order valence-electron chi connectivity index (χ0n) is 17.3. The number of imide groups is 1. The number of fused-ring (bicyclic) bond motifs is 1. The average Bonchev–Trinajstić information content (AvgIpc) is 3.25. The molecule has 1 aliphatic heterocycles. The maximum absolute atomic E-state index is 12.6. The van der Waals surface area contributed by atoms with Crippen LogP contribution in [0.5, 0.6) is 5.75 Å². The highest BCUT2D eigenvalue weighted by Crippen LogP contribution is 2.19. The van der Waals surface area contributed by atoms with Crippen LogP contribution in [-0.2, 0) is 23.1 Å². The number of aryl methyl sites for hydroxylation is 1. The highest BCUT2D eigenvalue weighted by atomic mass is 16.5. The fourth-order valence-corrected chi connectivity index (χ4v) is 3.57. The molecule has 0 saturated carbocycles. The van der Waals surface area contributed by atoms with E-state index in [1.165, 1.54) is 0 Å². The van der Waals surface area contributed by atoms with Crippen LogP contribution in [0.25, 0.3) is 11.0 Å². The van der Waals surface area contributed by atoms with Gasteiger partial charge in [-0.3, -0.25) is 14.5 Å². The summed E-state index contributed by atoms with van der Waals surface area (Å²) in [4.78, 5) is 42.7. The molecule has 0 bridgehead atoms. The number of hydrogen-bond acceptors (Lipinski definition) is 5. The van der Waals surface area contributed by atoms with Crippen LogP contribution < -0.4 is 15.4 Å². The van der Waals surface area contributed by atoms with Gasteiger partial charge in [0.15, 0.2) is 0 Å². The Labute approximate surface area is 179 Å². The minimum atomic E-state index is -0.873. The van der Waals surface area contributed by atoms with Gasteiger partial charge in [-0.15, -0.1) is 0 Å². The van der Waals surface area contributed by atoms with Crippen molar-refractivity contribution in [3.63, 3.8) is 0 Å². The van der Waals surface area contributed by atoms with Gasteiger partial charge >= 0.3 is 6.03 Å². The van der Waals surface area contributed by atoms with Gasteiger partial charge in [-0.25, -0.2) is 9.78 Å². The van der Waals surface area contributed by atoms with E-state index in [1.807, 2.05) is 41.9 Å². The summed E-state index contributed by atoms with van der Waals surface area (Å²) in [5, 5.41) is 5.37. The number of urea groups is 1. The van der Waals surface area contributed by atoms with E-state index in [0.717, 1.165) is 27.2 Å². The van der Waals surface area contributed by atoms with E-state index in [1.54, 1.807) is 25.6 Å². The summed E-state index contributed by atoms with van der Waals surface area (Å²) < 4.78 is 7.01. The summed E-state index contributed by atoms with van der Waals surface area (Å²) in [5.74, 6) is -0.00760.